The van der Waals surface area contributed by atoms with Crippen molar-refractivity contribution < 1.29 is 0 Å². The molecule has 0 saturated carbocycles. The first-order chi connectivity index (χ1) is 6.59. The van der Waals surface area contributed by atoms with Crippen LogP contribution in [0.3, 0.4) is 0 Å². The van der Waals surface area contributed by atoms with Gasteiger partial charge in [0.1, 0.15) is 11.5 Å². The third kappa shape index (κ3) is 1.33. The summed E-state index contributed by atoms with van der Waals surface area (Å²) in [5.74, 6) is 0.662. The van der Waals surface area contributed by atoms with Gasteiger partial charge in [-0.15, -0.1) is 0 Å². The zero-order chi connectivity index (χ0) is 10.3. The van der Waals surface area contributed by atoms with E-state index in [0.29, 0.717) is 15.9 Å². The van der Waals surface area contributed by atoms with Gasteiger partial charge in [-0.1, -0.05) is 0 Å². The van der Waals surface area contributed by atoms with Crippen molar-refractivity contribution in [3.8, 4) is 0 Å². The number of nitrogens with zero attached hydrogens (tertiary/aromatic N) is 3. The Hall–Kier alpha value is -1.23. The molecule has 0 aliphatic rings. The minimum Gasteiger partial charge on any atom is -0.295 e. The second-order valence-corrected chi connectivity index (χ2v) is 3.91. The Morgan fingerprint density at radius 2 is 2.21 bits per heavy atom. The molecule has 0 amide bonds. The van der Waals surface area contributed by atoms with E-state index in [-0.39, 0.29) is 5.56 Å². The lowest BCUT2D eigenvalue weighted by atomic mass is 10.3. The van der Waals surface area contributed by atoms with Gasteiger partial charge in [0.15, 0.2) is 0 Å². The van der Waals surface area contributed by atoms with Gasteiger partial charge in [0, 0.05) is 18.6 Å². The van der Waals surface area contributed by atoms with Gasteiger partial charge in [0.2, 0.25) is 0 Å². The van der Waals surface area contributed by atoms with E-state index in [0.717, 1.165) is 5.39 Å². The molecule has 4 nitrogen and oxygen atoms in total. The highest BCUT2D eigenvalue weighted by Gasteiger charge is 2.05. The summed E-state index contributed by atoms with van der Waals surface area (Å²) in [6.45, 7) is 1.80. The van der Waals surface area contributed by atoms with Crippen LogP contribution >= 0.6 is 15.9 Å². The van der Waals surface area contributed by atoms with E-state index in [4.69, 9.17) is 0 Å². The smallest absolute Gasteiger partial charge is 0.266 e. The highest BCUT2D eigenvalue weighted by molar-refractivity contribution is 9.10. The van der Waals surface area contributed by atoms with Gasteiger partial charge >= 0.3 is 0 Å². The molecule has 2 aromatic heterocycles. The minimum atomic E-state index is -0.0874. The molecule has 0 aromatic carbocycles. The number of aryl methyl sites for hydroxylation is 2. The summed E-state index contributed by atoms with van der Waals surface area (Å²) in [6, 6.07) is 1.73. The Kier molecular flexibility index (Phi) is 2.11. The number of halogens is 1. The zero-order valence-electron chi connectivity index (χ0n) is 7.78. The topological polar surface area (TPSA) is 47.8 Å². The number of rotatable bonds is 0. The fourth-order valence-corrected chi connectivity index (χ4v) is 1.81. The maximum atomic E-state index is 11.5. The van der Waals surface area contributed by atoms with E-state index in [9.17, 15) is 4.79 Å². The first kappa shape index (κ1) is 9.33. The first-order valence-electron chi connectivity index (χ1n) is 4.08. The van der Waals surface area contributed by atoms with Crippen molar-refractivity contribution in [1.82, 2.24) is 14.5 Å². The fraction of sp³-hybridized carbons (Fsp3) is 0.222. The van der Waals surface area contributed by atoms with Crippen LogP contribution in [0.5, 0.6) is 0 Å². The van der Waals surface area contributed by atoms with Crippen molar-refractivity contribution >= 4 is 27.0 Å². The maximum absolute atomic E-state index is 11.5. The molecule has 2 aromatic rings. The Labute approximate surface area is 88.7 Å². The quantitative estimate of drug-likeness (QED) is 0.713. The zero-order valence-corrected chi connectivity index (χ0v) is 9.37. The van der Waals surface area contributed by atoms with Gasteiger partial charge in [0.25, 0.3) is 5.56 Å². The Bertz CT molecular complexity index is 562. The van der Waals surface area contributed by atoms with E-state index in [2.05, 4.69) is 25.9 Å². The predicted molar refractivity (Wildman–Crippen MR) is 57.2 cm³/mol. The predicted octanol–water partition coefficient (Wildman–Crippen LogP) is 1.40. The summed E-state index contributed by atoms with van der Waals surface area (Å²) in [5.41, 5.74) is 0.571. The molecule has 0 N–H and O–H groups in total. The number of hydrogen-bond donors (Lipinski definition) is 0. The summed E-state index contributed by atoms with van der Waals surface area (Å²) in [6.07, 6.45) is 1.71. The van der Waals surface area contributed by atoms with E-state index >= 15 is 0 Å². The number of hydrogen-bond acceptors (Lipinski definition) is 3. The Morgan fingerprint density at radius 3 is 2.93 bits per heavy atom. The van der Waals surface area contributed by atoms with E-state index < -0.39 is 0 Å². The van der Waals surface area contributed by atoms with Crippen molar-refractivity contribution in [3.63, 3.8) is 0 Å². The molecule has 0 aliphatic carbocycles. The van der Waals surface area contributed by atoms with E-state index in [1.165, 1.54) is 4.57 Å². The van der Waals surface area contributed by atoms with Crippen molar-refractivity contribution in [1.29, 1.82) is 0 Å². The van der Waals surface area contributed by atoms with Gasteiger partial charge in [-0.25, -0.2) is 9.97 Å². The SMILES string of the molecule is Cc1ncc2cc(Br)c(=O)n(C)c2n1. The summed E-state index contributed by atoms with van der Waals surface area (Å²) in [4.78, 5) is 19.8. The summed E-state index contributed by atoms with van der Waals surface area (Å²) in [7, 11) is 1.70. The van der Waals surface area contributed by atoms with Crippen LogP contribution in [0.1, 0.15) is 5.82 Å². The van der Waals surface area contributed by atoms with Gasteiger partial charge < -0.3 is 0 Å². The van der Waals surface area contributed by atoms with Crippen LogP contribution in [-0.4, -0.2) is 14.5 Å². The molecule has 0 aliphatic heterocycles. The molecule has 0 saturated heterocycles. The second-order valence-electron chi connectivity index (χ2n) is 3.05. The highest BCUT2D eigenvalue weighted by Crippen LogP contribution is 2.12. The molecule has 0 unspecified atom stereocenters. The molecule has 14 heavy (non-hydrogen) atoms. The number of pyridine rings is 1. The van der Waals surface area contributed by atoms with Crippen LogP contribution < -0.4 is 5.56 Å². The molecule has 0 fully saturated rings. The molecule has 0 atom stereocenters. The molecule has 2 rings (SSSR count). The molecule has 5 heteroatoms. The van der Waals surface area contributed by atoms with Gasteiger partial charge in [-0.05, 0) is 28.9 Å². The van der Waals surface area contributed by atoms with Crippen LogP contribution in [0, 0.1) is 6.92 Å². The van der Waals surface area contributed by atoms with Crippen molar-refractivity contribution in [2.75, 3.05) is 0 Å². The minimum absolute atomic E-state index is 0.0874. The summed E-state index contributed by atoms with van der Waals surface area (Å²) >= 11 is 3.20. The second kappa shape index (κ2) is 3.16. The van der Waals surface area contributed by atoms with Crippen LogP contribution in [0.25, 0.3) is 11.0 Å². The number of fused-ring (bicyclic) bond motifs is 1. The standard InChI is InChI=1S/C9H8BrN3O/c1-5-11-4-6-3-7(10)9(14)13(2)8(6)12-5/h3-4H,1-2H3. The average Bonchev–Trinajstić information content (AvgIpc) is 2.16. The van der Waals surface area contributed by atoms with Crippen molar-refractivity contribution in [2.24, 2.45) is 7.05 Å². The Morgan fingerprint density at radius 1 is 1.50 bits per heavy atom. The molecule has 0 spiro atoms. The Balaban J connectivity index is 2.99. The lowest BCUT2D eigenvalue weighted by molar-refractivity contribution is 0.869. The molecule has 72 valence electrons. The molecule has 0 radical (unpaired) electrons. The third-order valence-corrected chi connectivity index (χ3v) is 2.59. The maximum Gasteiger partial charge on any atom is 0.266 e. The van der Waals surface area contributed by atoms with Crippen LogP contribution in [0.4, 0.5) is 0 Å². The lowest BCUT2D eigenvalue weighted by Gasteiger charge is -2.04. The summed E-state index contributed by atoms with van der Waals surface area (Å²) < 4.78 is 2.04. The summed E-state index contributed by atoms with van der Waals surface area (Å²) in [5, 5.41) is 0.851. The fourth-order valence-electron chi connectivity index (χ4n) is 1.29. The highest BCUT2D eigenvalue weighted by atomic mass is 79.9. The van der Waals surface area contributed by atoms with E-state index in [1.54, 1.807) is 26.2 Å². The van der Waals surface area contributed by atoms with Gasteiger partial charge in [-0.2, -0.15) is 0 Å². The van der Waals surface area contributed by atoms with Crippen LogP contribution in [0.2, 0.25) is 0 Å². The molecule has 0 bridgehead atoms. The van der Waals surface area contributed by atoms with Crippen LogP contribution in [0.15, 0.2) is 21.5 Å². The van der Waals surface area contributed by atoms with Gasteiger partial charge in [-0.3, -0.25) is 9.36 Å². The van der Waals surface area contributed by atoms with Gasteiger partial charge in [0.05, 0.1) is 4.47 Å². The molecular formula is C9H8BrN3O. The number of aromatic nitrogens is 3. The first-order valence-corrected chi connectivity index (χ1v) is 4.88. The normalized spacial score (nSPS) is 10.8. The van der Waals surface area contributed by atoms with E-state index in [1.807, 2.05) is 0 Å². The molecule has 2 heterocycles. The average molecular weight is 254 g/mol. The van der Waals surface area contributed by atoms with Crippen LogP contribution in [-0.2, 0) is 7.05 Å². The third-order valence-electron chi connectivity index (χ3n) is 2.03. The lowest BCUT2D eigenvalue weighted by Crippen LogP contribution is -2.18. The monoisotopic (exact) mass is 253 g/mol. The van der Waals surface area contributed by atoms with Crippen molar-refractivity contribution in [2.45, 2.75) is 6.92 Å². The largest absolute Gasteiger partial charge is 0.295 e. The molecular weight excluding hydrogens is 246 g/mol. The van der Waals surface area contributed by atoms with Crippen molar-refractivity contribution in [3.05, 3.63) is 32.9 Å².